The van der Waals surface area contributed by atoms with E-state index in [0.29, 0.717) is 19.8 Å². The van der Waals surface area contributed by atoms with Gasteiger partial charge in [-0.1, -0.05) is 6.08 Å². The highest BCUT2D eigenvalue weighted by molar-refractivity contribution is 6.09. The molecule has 3 radical (unpaired) electrons. The lowest BCUT2D eigenvalue weighted by molar-refractivity contribution is -0.132. The highest BCUT2D eigenvalue weighted by Gasteiger charge is 1.82. The van der Waals surface area contributed by atoms with Gasteiger partial charge in [0.25, 0.3) is 0 Å². The number of hydrogen-bond donors (Lipinski definition) is 3. The van der Waals surface area contributed by atoms with Gasteiger partial charge in [-0.15, -0.1) is 6.58 Å². The molecule has 159 valence electrons. The average molecular weight is 418 g/mol. The Balaban J connectivity index is -0.000000141. The number of carboxylic acids is 3. The smallest absolute Gasteiger partial charge is 0.331 e. The SMILES string of the molecule is C=CC[Si].CCOC=CC(=O)O.CCOC=CC(=O)O.CCOC=CC(=O)O. The topological polar surface area (TPSA) is 140 Å². The summed E-state index contributed by atoms with van der Waals surface area (Å²) in [7, 11) is 3.17. The highest BCUT2D eigenvalue weighted by Crippen LogP contribution is 1.76. The minimum atomic E-state index is -0.988. The molecule has 0 unspecified atom stereocenters. The van der Waals surface area contributed by atoms with E-state index >= 15 is 0 Å². The summed E-state index contributed by atoms with van der Waals surface area (Å²) in [5.41, 5.74) is 0. The van der Waals surface area contributed by atoms with E-state index in [-0.39, 0.29) is 0 Å². The third kappa shape index (κ3) is 65.9. The lowest BCUT2D eigenvalue weighted by Crippen LogP contribution is -1.87. The molecule has 0 aliphatic carbocycles. The molecule has 0 spiro atoms. The molecule has 0 bridgehead atoms. The molecule has 0 aromatic heterocycles. The Morgan fingerprint density at radius 2 is 0.964 bits per heavy atom. The van der Waals surface area contributed by atoms with Crippen LogP contribution in [0.3, 0.4) is 0 Å². The Morgan fingerprint density at radius 3 is 1.07 bits per heavy atom. The van der Waals surface area contributed by atoms with Crippen molar-refractivity contribution in [3.63, 3.8) is 0 Å². The van der Waals surface area contributed by atoms with Crippen LogP contribution in [0.1, 0.15) is 20.8 Å². The molecule has 0 aliphatic heterocycles. The van der Waals surface area contributed by atoms with E-state index < -0.39 is 17.9 Å². The van der Waals surface area contributed by atoms with Crippen molar-refractivity contribution in [2.24, 2.45) is 0 Å². The van der Waals surface area contributed by atoms with Gasteiger partial charge in [0.15, 0.2) is 0 Å². The number of carboxylic acid groups (broad SMARTS) is 3. The Kier molecular flexibility index (Phi) is 37.0. The molecule has 0 saturated carbocycles. The monoisotopic (exact) mass is 417 g/mol. The standard InChI is InChI=1S/3C5H8O3.C3H5Si/c3*1-2-8-4-3-5(6)7;1-2-3-4/h3*3-4H,2H2,1H3,(H,6,7);2H,1,3H2. The number of hydrogen-bond acceptors (Lipinski definition) is 6. The third-order valence-electron chi connectivity index (χ3n) is 1.56. The summed E-state index contributed by atoms with van der Waals surface area (Å²) in [6, 6.07) is 0.889. The largest absolute Gasteiger partial charge is 0.501 e. The first-order valence-electron chi connectivity index (χ1n) is 8.01. The molecule has 0 aromatic carbocycles. The second-order valence-corrected chi connectivity index (χ2v) is 4.19. The highest BCUT2D eigenvalue weighted by atomic mass is 28.1. The number of carbonyl (C=O) groups is 3. The van der Waals surface area contributed by atoms with Crippen molar-refractivity contribution in [2.45, 2.75) is 26.8 Å². The van der Waals surface area contributed by atoms with Gasteiger partial charge in [-0.2, -0.15) is 0 Å². The maximum atomic E-state index is 9.71. The lowest BCUT2D eigenvalue weighted by atomic mass is 10.6. The van der Waals surface area contributed by atoms with Crippen LogP contribution in [0.5, 0.6) is 0 Å². The van der Waals surface area contributed by atoms with E-state index in [1.807, 2.05) is 0 Å². The van der Waals surface area contributed by atoms with Crippen molar-refractivity contribution in [3.8, 4) is 0 Å². The van der Waals surface area contributed by atoms with Crippen molar-refractivity contribution in [2.75, 3.05) is 19.8 Å². The van der Waals surface area contributed by atoms with Crippen LogP contribution in [-0.2, 0) is 28.6 Å². The average Bonchev–Trinajstić information content (AvgIpc) is 2.63. The number of rotatable bonds is 10. The summed E-state index contributed by atoms with van der Waals surface area (Å²) in [4.78, 5) is 29.1. The second kappa shape index (κ2) is 31.7. The van der Waals surface area contributed by atoms with Crippen molar-refractivity contribution in [1.82, 2.24) is 0 Å². The quantitative estimate of drug-likeness (QED) is 0.212. The van der Waals surface area contributed by atoms with Gasteiger partial charge in [0.1, 0.15) is 0 Å². The Bertz CT molecular complexity index is 410. The number of aliphatic carboxylic acids is 3. The summed E-state index contributed by atoms with van der Waals surface area (Å²) < 4.78 is 13.7. The van der Waals surface area contributed by atoms with Crippen LogP contribution >= 0.6 is 0 Å². The molecule has 9 nitrogen and oxygen atoms in total. The summed E-state index contributed by atoms with van der Waals surface area (Å²) >= 11 is 0. The Labute approximate surface area is 169 Å². The molecule has 0 fully saturated rings. The first kappa shape index (κ1) is 32.6. The summed E-state index contributed by atoms with van der Waals surface area (Å²) in [5.74, 6) is -2.96. The molecular formula is C18H29O9Si. The van der Waals surface area contributed by atoms with Gasteiger partial charge >= 0.3 is 17.9 Å². The van der Waals surface area contributed by atoms with E-state index in [1.165, 1.54) is 0 Å². The third-order valence-corrected chi connectivity index (χ3v) is 1.85. The molecule has 0 rings (SSSR count). The summed E-state index contributed by atoms with van der Waals surface area (Å²) in [5, 5.41) is 23.9. The van der Waals surface area contributed by atoms with E-state index in [1.54, 1.807) is 26.8 Å². The minimum absolute atomic E-state index is 0.504. The molecule has 28 heavy (non-hydrogen) atoms. The Morgan fingerprint density at radius 1 is 0.750 bits per heavy atom. The molecule has 0 amide bonds. The van der Waals surface area contributed by atoms with Crippen LogP contribution in [0.15, 0.2) is 49.7 Å². The second-order valence-electron chi connectivity index (χ2n) is 3.78. The zero-order chi connectivity index (χ0) is 22.6. The molecule has 0 saturated heterocycles. The first-order chi connectivity index (χ1) is 13.2. The van der Waals surface area contributed by atoms with Gasteiger partial charge in [0.2, 0.25) is 0 Å². The van der Waals surface area contributed by atoms with Gasteiger partial charge in [-0.05, 0) is 26.8 Å². The van der Waals surface area contributed by atoms with Gasteiger partial charge in [-0.25, -0.2) is 14.4 Å². The fraction of sp³-hybridized carbons (Fsp3) is 0.389. The molecule has 0 aromatic rings. The number of ether oxygens (including phenoxy) is 3. The summed E-state index contributed by atoms with van der Waals surface area (Å²) in [6.07, 6.45) is 8.10. The summed E-state index contributed by atoms with van der Waals surface area (Å²) in [6.45, 7) is 10.3. The van der Waals surface area contributed by atoms with Gasteiger partial charge in [-0.3, -0.25) is 0 Å². The van der Waals surface area contributed by atoms with E-state index in [2.05, 4.69) is 31.0 Å². The molecule has 0 heterocycles. The van der Waals surface area contributed by atoms with Gasteiger partial charge < -0.3 is 29.5 Å². The van der Waals surface area contributed by atoms with Crippen LogP contribution in [-0.4, -0.2) is 63.3 Å². The maximum Gasteiger partial charge on any atom is 0.331 e. The number of allylic oxidation sites excluding steroid dienone is 1. The molecular weight excluding hydrogens is 388 g/mol. The van der Waals surface area contributed by atoms with Crippen LogP contribution < -0.4 is 0 Å². The zero-order valence-corrected chi connectivity index (χ0v) is 17.4. The van der Waals surface area contributed by atoms with E-state index in [0.717, 1.165) is 43.1 Å². The van der Waals surface area contributed by atoms with Crippen molar-refractivity contribution >= 4 is 28.2 Å². The lowest BCUT2D eigenvalue weighted by Gasteiger charge is -1.87. The minimum Gasteiger partial charge on any atom is -0.501 e. The van der Waals surface area contributed by atoms with Gasteiger partial charge in [0, 0.05) is 10.2 Å². The zero-order valence-electron chi connectivity index (χ0n) is 16.4. The molecule has 0 atom stereocenters. The molecule has 3 N–H and O–H groups in total. The van der Waals surface area contributed by atoms with Gasteiger partial charge in [0.05, 0.1) is 56.8 Å². The fourth-order valence-corrected chi connectivity index (χ4v) is 0.608. The van der Waals surface area contributed by atoms with Crippen molar-refractivity contribution < 1.29 is 43.9 Å². The first-order valence-corrected chi connectivity index (χ1v) is 8.72. The van der Waals surface area contributed by atoms with Crippen LogP contribution in [0.25, 0.3) is 0 Å². The molecule has 10 heteroatoms. The van der Waals surface area contributed by atoms with Crippen molar-refractivity contribution in [3.05, 3.63) is 49.7 Å². The molecule has 0 aliphatic rings. The van der Waals surface area contributed by atoms with Crippen LogP contribution in [0, 0.1) is 0 Å². The van der Waals surface area contributed by atoms with Crippen LogP contribution in [0.2, 0.25) is 6.04 Å². The van der Waals surface area contributed by atoms with E-state index in [4.69, 9.17) is 15.3 Å². The predicted octanol–water partition coefficient (Wildman–Crippen LogP) is 2.62. The van der Waals surface area contributed by atoms with E-state index in [9.17, 15) is 14.4 Å². The maximum absolute atomic E-state index is 9.71. The normalized spacial score (nSPS) is 9.14. The predicted molar refractivity (Wildman–Crippen MR) is 106 cm³/mol. The van der Waals surface area contributed by atoms with Crippen LogP contribution in [0.4, 0.5) is 0 Å². The van der Waals surface area contributed by atoms with Crippen molar-refractivity contribution in [1.29, 1.82) is 0 Å². The fourth-order valence-electron chi connectivity index (χ4n) is 0.608. The Hall–Kier alpha value is -3.01.